The van der Waals surface area contributed by atoms with Crippen molar-refractivity contribution in [1.29, 1.82) is 0 Å². The molecule has 2 amide bonds. The first-order valence-electron chi connectivity index (χ1n) is 8.29. The van der Waals surface area contributed by atoms with Crippen molar-refractivity contribution in [2.24, 2.45) is 10.2 Å². The summed E-state index contributed by atoms with van der Waals surface area (Å²) in [5.74, 6) is -1.33. The van der Waals surface area contributed by atoms with Gasteiger partial charge in [0.15, 0.2) is 11.5 Å². The van der Waals surface area contributed by atoms with Gasteiger partial charge in [0.25, 0.3) is 0 Å². The number of hydrazone groups is 2. The lowest BCUT2D eigenvalue weighted by Gasteiger charge is -1.98. The summed E-state index contributed by atoms with van der Waals surface area (Å²) in [6, 6.07) is 16.5. The van der Waals surface area contributed by atoms with Gasteiger partial charge in [0, 0.05) is 10.0 Å². The van der Waals surface area contributed by atoms with Crippen LogP contribution in [0.25, 0.3) is 0 Å². The quantitative estimate of drug-likeness (QED) is 0.456. The van der Waals surface area contributed by atoms with Crippen molar-refractivity contribution in [3.8, 4) is 0 Å². The lowest BCUT2D eigenvalue weighted by Crippen LogP contribution is -2.18. The van der Waals surface area contributed by atoms with E-state index in [4.69, 9.17) is 27.6 Å². The maximum atomic E-state index is 12.0. The summed E-state index contributed by atoms with van der Waals surface area (Å²) >= 11 is 11.6. The Morgan fingerprint density at radius 1 is 0.690 bits per heavy atom. The van der Waals surface area contributed by atoms with Gasteiger partial charge in [0.1, 0.15) is 0 Å². The molecular formula is C20H14Cl2N4O3. The Morgan fingerprint density at radius 2 is 1.07 bits per heavy atom. The molecule has 2 N–H and O–H groups in total. The molecule has 0 fully saturated rings. The van der Waals surface area contributed by atoms with Crippen LogP contribution in [0.5, 0.6) is 0 Å². The van der Waals surface area contributed by atoms with Gasteiger partial charge in [-0.1, -0.05) is 47.5 Å². The third-order valence-electron chi connectivity index (χ3n) is 3.55. The van der Waals surface area contributed by atoms with Crippen LogP contribution in [-0.2, 0) is 0 Å². The average molecular weight is 429 g/mol. The van der Waals surface area contributed by atoms with Crippen molar-refractivity contribution in [1.82, 2.24) is 10.9 Å². The van der Waals surface area contributed by atoms with Crippen LogP contribution in [0.2, 0.25) is 10.0 Å². The molecular weight excluding hydrogens is 415 g/mol. The second kappa shape index (κ2) is 9.68. The molecule has 1 heterocycles. The summed E-state index contributed by atoms with van der Waals surface area (Å²) in [7, 11) is 0. The SMILES string of the molecule is O=C(NN=Cc1ccc(Cl)cc1)c1ccc(C(=O)NN=Cc2ccc(Cl)cc2)o1. The Kier molecular flexibility index (Phi) is 6.78. The van der Waals surface area contributed by atoms with E-state index < -0.39 is 11.8 Å². The zero-order valence-corrected chi connectivity index (χ0v) is 16.3. The summed E-state index contributed by atoms with van der Waals surface area (Å²) in [5.41, 5.74) is 6.14. The molecule has 0 unspecified atom stereocenters. The molecule has 0 aliphatic heterocycles. The smallest absolute Gasteiger partial charge is 0.307 e. The van der Waals surface area contributed by atoms with Crippen molar-refractivity contribution >= 4 is 47.4 Å². The summed E-state index contributed by atoms with van der Waals surface area (Å²) in [6.07, 6.45) is 2.91. The van der Waals surface area contributed by atoms with Gasteiger partial charge in [-0.3, -0.25) is 9.59 Å². The van der Waals surface area contributed by atoms with Gasteiger partial charge in [-0.2, -0.15) is 10.2 Å². The highest BCUT2D eigenvalue weighted by Gasteiger charge is 2.15. The number of hydrogen-bond donors (Lipinski definition) is 2. The number of nitrogens with one attached hydrogen (secondary N) is 2. The number of amides is 2. The van der Waals surface area contributed by atoms with Gasteiger partial charge in [-0.15, -0.1) is 0 Å². The number of rotatable bonds is 6. The fourth-order valence-electron chi connectivity index (χ4n) is 2.12. The monoisotopic (exact) mass is 428 g/mol. The van der Waals surface area contributed by atoms with Crippen LogP contribution in [-0.4, -0.2) is 24.2 Å². The lowest BCUT2D eigenvalue weighted by molar-refractivity contribution is 0.0902. The summed E-state index contributed by atoms with van der Waals surface area (Å²) < 4.78 is 5.24. The molecule has 2 aromatic carbocycles. The Hall–Kier alpha value is -3.42. The minimum atomic E-state index is -0.598. The molecule has 0 atom stereocenters. The normalized spacial score (nSPS) is 11.1. The maximum Gasteiger partial charge on any atom is 0.307 e. The van der Waals surface area contributed by atoms with Gasteiger partial charge in [0.05, 0.1) is 12.4 Å². The second-order valence-corrected chi connectivity index (χ2v) is 6.54. The molecule has 0 aliphatic carbocycles. The number of hydrogen-bond acceptors (Lipinski definition) is 5. The Morgan fingerprint density at radius 3 is 1.45 bits per heavy atom. The fourth-order valence-corrected chi connectivity index (χ4v) is 2.37. The van der Waals surface area contributed by atoms with Crippen molar-refractivity contribution in [2.75, 3.05) is 0 Å². The molecule has 0 spiro atoms. The van der Waals surface area contributed by atoms with Gasteiger partial charge in [-0.05, 0) is 47.5 Å². The van der Waals surface area contributed by atoms with E-state index in [1.54, 1.807) is 48.5 Å². The minimum Gasteiger partial charge on any atom is -0.446 e. The first-order valence-corrected chi connectivity index (χ1v) is 9.04. The van der Waals surface area contributed by atoms with Crippen molar-refractivity contribution in [3.05, 3.63) is 93.4 Å². The molecule has 146 valence electrons. The number of nitrogens with zero attached hydrogens (tertiary/aromatic N) is 2. The third-order valence-corrected chi connectivity index (χ3v) is 4.06. The molecule has 0 saturated carbocycles. The van der Waals surface area contributed by atoms with E-state index >= 15 is 0 Å². The van der Waals surface area contributed by atoms with Crippen LogP contribution < -0.4 is 10.9 Å². The molecule has 3 rings (SSSR count). The zero-order valence-electron chi connectivity index (χ0n) is 14.8. The standard InChI is InChI=1S/C20H14Cl2N4O3/c21-15-5-1-13(2-6-15)11-23-25-19(27)17-9-10-18(29-17)20(28)26-24-12-14-3-7-16(22)8-4-14/h1-12H,(H,25,27)(H,26,28). The second-order valence-electron chi connectivity index (χ2n) is 5.67. The Bertz CT molecular complexity index is 974. The predicted molar refractivity (Wildman–Crippen MR) is 112 cm³/mol. The van der Waals surface area contributed by atoms with Crippen molar-refractivity contribution in [3.63, 3.8) is 0 Å². The number of halogens is 2. The van der Waals surface area contributed by atoms with E-state index in [-0.39, 0.29) is 11.5 Å². The first kappa shape index (κ1) is 20.3. The van der Waals surface area contributed by atoms with Crippen LogP contribution in [0.4, 0.5) is 0 Å². The topological polar surface area (TPSA) is 96.1 Å². The van der Waals surface area contributed by atoms with Gasteiger partial charge >= 0.3 is 11.8 Å². The van der Waals surface area contributed by atoms with Crippen LogP contribution in [0.1, 0.15) is 32.2 Å². The molecule has 9 heteroatoms. The van der Waals surface area contributed by atoms with E-state index in [0.717, 1.165) is 11.1 Å². The van der Waals surface area contributed by atoms with E-state index in [1.807, 2.05) is 0 Å². The number of benzene rings is 2. The van der Waals surface area contributed by atoms with Crippen LogP contribution >= 0.6 is 23.2 Å². The van der Waals surface area contributed by atoms with E-state index in [1.165, 1.54) is 24.6 Å². The van der Waals surface area contributed by atoms with E-state index in [2.05, 4.69) is 21.1 Å². The van der Waals surface area contributed by atoms with Crippen LogP contribution in [0, 0.1) is 0 Å². The molecule has 3 aromatic rings. The van der Waals surface area contributed by atoms with Gasteiger partial charge < -0.3 is 4.42 Å². The molecule has 0 saturated heterocycles. The number of carbonyl (C=O) groups excluding carboxylic acids is 2. The highest BCUT2D eigenvalue weighted by atomic mass is 35.5. The van der Waals surface area contributed by atoms with Crippen molar-refractivity contribution in [2.45, 2.75) is 0 Å². The first-order chi connectivity index (χ1) is 14.0. The van der Waals surface area contributed by atoms with Crippen LogP contribution in [0.15, 0.2) is 75.3 Å². The molecule has 0 bridgehead atoms. The van der Waals surface area contributed by atoms with Gasteiger partial charge in [-0.25, -0.2) is 10.9 Å². The number of carbonyl (C=O) groups is 2. The summed E-state index contributed by atoms with van der Waals surface area (Å²) in [5, 5.41) is 8.86. The molecule has 0 aliphatic rings. The highest BCUT2D eigenvalue weighted by molar-refractivity contribution is 6.30. The molecule has 29 heavy (non-hydrogen) atoms. The fraction of sp³-hybridized carbons (Fsp3) is 0. The highest BCUT2D eigenvalue weighted by Crippen LogP contribution is 2.10. The van der Waals surface area contributed by atoms with Crippen LogP contribution in [0.3, 0.4) is 0 Å². The van der Waals surface area contributed by atoms with E-state index in [9.17, 15) is 9.59 Å². The molecule has 1 aromatic heterocycles. The molecule has 0 radical (unpaired) electrons. The zero-order chi connectivity index (χ0) is 20.6. The largest absolute Gasteiger partial charge is 0.446 e. The minimum absolute atomic E-state index is 0.0647. The summed E-state index contributed by atoms with van der Waals surface area (Å²) in [4.78, 5) is 24.1. The third kappa shape index (κ3) is 6.03. The average Bonchev–Trinajstić information content (AvgIpc) is 3.21. The Balaban J connectivity index is 1.53. The van der Waals surface area contributed by atoms with E-state index in [0.29, 0.717) is 10.0 Å². The Labute approximate surface area is 176 Å². The number of furan rings is 1. The lowest BCUT2D eigenvalue weighted by atomic mass is 10.2. The predicted octanol–water partition coefficient (Wildman–Crippen LogP) is 4.11. The van der Waals surface area contributed by atoms with Crippen molar-refractivity contribution < 1.29 is 14.0 Å². The van der Waals surface area contributed by atoms with Gasteiger partial charge in [0.2, 0.25) is 0 Å². The maximum absolute atomic E-state index is 12.0. The molecule has 7 nitrogen and oxygen atoms in total. The summed E-state index contributed by atoms with van der Waals surface area (Å²) in [6.45, 7) is 0.